The molecule has 1 aromatic heterocycles. The van der Waals surface area contributed by atoms with Gasteiger partial charge in [-0.05, 0) is 43.9 Å². The Balaban J connectivity index is 1.57. The van der Waals surface area contributed by atoms with Crippen molar-refractivity contribution in [1.29, 1.82) is 0 Å². The molecule has 1 aromatic carbocycles. The van der Waals surface area contributed by atoms with E-state index in [1.807, 2.05) is 25.1 Å². The highest BCUT2D eigenvalue weighted by atomic mass is 35.5. The van der Waals surface area contributed by atoms with Crippen LogP contribution >= 0.6 is 23.4 Å². The molecule has 1 aliphatic heterocycles. The van der Waals surface area contributed by atoms with Gasteiger partial charge in [0.15, 0.2) is 0 Å². The first-order valence-electron chi connectivity index (χ1n) is 8.37. The van der Waals surface area contributed by atoms with Crippen molar-refractivity contribution in [2.45, 2.75) is 31.2 Å². The molecule has 5 nitrogen and oxygen atoms in total. The zero-order valence-electron chi connectivity index (χ0n) is 14.2. The number of thioether (sulfide) groups is 1. The van der Waals surface area contributed by atoms with Crippen LogP contribution in [-0.2, 0) is 4.79 Å². The molecular formula is C18H21ClN4OS. The fraction of sp³-hybridized carbons (Fsp3) is 0.389. The summed E-state index contributed by atoms with van der Waals surface area (Å²) in [5.74, 6) is 1.17. The zero-order valence-corrected chi connectivity index (χ0v) is 15.7. The topological polar surface area (TPSA) is 58.1 Å². The van der Waals surface area contributed by atoms with Gasteiger partial charge in [0.2, 0.25) is 5.91 Å². The van der Waals surface area contributed by atoms with E-state index in [-0.39, 0.29) is 5.91 Å². The summed E-state index contributed by atoms with van der Waals surface area (Å²) in [6.45, 7) is 4.01. The smallest absolute Gasteiger partial charge is 0.234 e. The second-order valence-electron chi connectivity index (χ2n) is 6.06. The third-order valence-electron chi connectivity index (χ3n) is 4.13. The summed E-state index contributed by atoms with van der Waals surface area (Å²) in [5.41, 5.74) is 1.73. The molecule has 0 radical (unpaired) electrons. The first-order valence-corrected chi connectivity index (χ1v) is 9.74. The lowest BCUT2D eigenvalue weighted by Gasteiger charge is -2.27. The highest BCUT2D eigenvalue weighted by Gasteiger charge is 2.13. The molecule has 0 spiro atoms. The number of nitrogens with one attached hydrogen (secondary N) is 1. The Kier molecular flexibility index (Phi) is 6.15. The number of carbonyl (C=O) groups excluding carboxylic acids is 1. The van der Waals surface area contributed by atoms with E-state index in [1.54, 1.807) is 12.4 Å². The van der Waals surface area contributed by atoms with E-state index in [0.717, 1.165) is 35.2 Å². The summed E-state index contributed by atoms with van der Waals surface area (Å²) < 4.78 is 0. The van der Waals surface area contributed by atoms with E-state index >= 15 is 0 Å². The van der Waals surface area contributed by atoms with Crippen LogP contribution in [-0.4, -0.2) is 34.7 Å². The highest BCUT2D eigenvalue weighted by Crippen LogP contribution is 2.24. The Morgan fingerprint density at radius 3 is 2.84 bits per heavy atom. The lowest BCUT2D eigenvalue weighted by atomic mass is 10.1. The summed E-state index contributed by atoms with van der Waals surface area (Å²) in [6.07, 6.45) is 5.26. The molecule has 0 unspecified atom stereocenters. The third-order valence-corrected chi connectivity index (χ3v) is 5.29. The first kappa shape index (κ1) is 18.0. The Labute approximate surface area is 157 Å². The maximum absolute atomic E-state index is 12.2. The molecule has 3 rings (SSSR count). The Morgan fingerprint density at radius 1 is 1.24 bits per heavy atom. The molecule has 0 saturated carbocycles. The number of nitrogens with zero attached hydrogens (tertiary/aromatic N) is 3. The molecule has 2 aromatic rings. The minimum atomic E-state index is -0.0755. The summed E-state index contributed by atoms with van der Waals surface area (Å²) in [4.78, 5) is 23.1. The van der Waals surface area contributed by atoms with E-state index in [4.69, 9.17) is 11.6 Å². The lowest BCUT2D eigenvalue weighted by Crippen LogP contribution is -2.30. The number of anilines is 2. The van der Waals surface area contributed by atoms with Crippen molar-refractivity contribution in [1.82, 2.24) is 9.97 Å². The number of amides is 1. The third kappa shape index (κ3) is 5.09. The van der Waals surface area contributed by atoms with Gasteiger partial charge in [0.05, 0.1) is 5.75 Å². The maximum atomic E-state index is 12.2. The number of hydrogen-bond acceptors (Lipinski definition) is 5. The van der Waals surface area contributed by atoms with Crippen LogP contribution in [0.25, 0.3) is 0 Å². The van der Waals surface area contributed by atoms with Gasteiger partial charge in [0, 0.05) is 29.9 Å². The zero-order chi connectivity index (χ0) is 17.6. The van der Waals surface area contributed by atoms with Crippen molar-refractivity contribution >= 4 is 40.8 Å². The second-order valence-corrected chi connectivity index (χ2v) is 7.49. The molecule has 1 N–H and O–H groups in total. The van der Waals surface area contributed by atoms with Gasteiger partial charge in [-0.15, -0.1) is 0 Å². The number of hydrogen-bond donors (Lipinski definition) is 1. The summed E-state index contributed by atoms with van der Waals surface area (Å²) in [6, 6.07) is 7.43. The Bertz CT molecular complexity index is 750. The minimum Gasteiger partial charge on any atom is -0.356 e. The molecule has 0 aliphatic carbocycles. The van der Waals surface area contributed by atoms with Crippen LogP contribution in [0.5, 0.6) is 0 Å². The number of aromatic nitrogens is 2. The van der Waals surface area contributed by atoms with Crippen molar-refractivity contribution in [2.24, 2.45) is 0 Å². The predicted molar refractivity (Wildman–Crippen MR) is 104 cm³/mol. The van der Waals surface area contributed by atoms with Crippen molar-refractivity contribution in [3.8, 4) is 0 Å². The van der Waals surface area contributed by atoms with Gasteiger partial charge >= 0.3 is 0 Å². The van der Waals surface area contributed by atoms with Crippen LogP contribution in [0.15, 0.2) is 35.6 Å². The fourth-order valence-electron chi connectivity index (χ4n) is 2.76. The summed E-state index contributed by atoms with van der Waals surface area (Å²) >= 11 is 7.40. The number of piperidine rings is 1. The van der Waals surface area contributed by atoms with Crippen LogP contribution in [0.3, 0.4) is 0 Å². The van der Waals surface area contributed by atoms with Crippen molar-refractivity contribution in [3.05, 3.63) is 41.2 Å². The van der Waals surface area contributed by atoms with Gasteiger partial charge in [0.1, 0.15) is 17.2 Å². The van der Waals surface area contributed by atoms with Crippen molar-refractivity contribution < 1.29 is 4.79 Å². The van der Waals surface area contributed by atoms with Crippen LogP contribution in [0.1, 0.15) is 24.8 Å². The fourth-order valence-corrected chi connectivity index (χ4v) is 3.59. The molecule has 25 heavy (non-hydrogen) atoms. The molecule has 7 heteroatoms. The molecule has 1 saturated heterocycles. The maximum Gasteiger partial charge on any atom is 0.234 e. The van der Waals surface area contributed by atoms with Crippen LogP contribution in [0, 0.1) is 6.92 Å². The number of aryl methyl sites for hydroxylation is 1. The first-order chi connectivity index (χ1) is 12.1. The van der Waals surface area contributed by atoms with Gasteiger partial charge in [-0.1, -0.05) is 29.4 Å². The molecule has 1 aliphatic rings. The predicted octanol–water partition coefficient (Wildman–Crippen LogP) is 4.16. The van der Waals surface area contributed by atoms with Gasteiger partial charge in [-0.25, -0.2) is 9.97 Å². The van der Waals surface area contributed by atoms with E-state index in [0.29, 0.717) is 10.8 Å². The molecule has 1 fully saturated rings. The highest BCUT2D eigenvalue weighted by molar-refractivity contribution is 7.99. The molecule has 132 valence electrons. The van der Waals surface area contributed by atoms with Crippen molar-refractivity contribution in [3.63, 3.8) is 0 Å². The van der Waals surface area contributed by atoms with E-state index in [9.17, 15) is 4.79 Å². The van der Waals surface area contributed by atoms with Crippen molar-refractivity contribution in [2.75, 3.05) is 29.1 Å². The molecule has 2 heterocycles. The molecule has 0 bridgehead atoms. The number of rotatable bonds is 5. The van der Waals surface area contributed by atoms with Crippen LogP contribution < -0.4 is 10.2 Å². The van der Waals surface area contributed by atoms with Gasteiger partial charge in [-0.2, -0.15) is 0 Å². The number of halogens is 1. The Morgan fingerprint density at radius 2 is 2.04 bits per heavy atom. The van der Waals surface area contributed by atoms with Gasteiger partial charge in [0.25, 0.3) is 0 Å². The van der Waals surface area contributed by atoms with Gasteiger partial charge in [-0.3, -0.25) is 4.79 Å². The van der Waals surface area contributed by atoms with Crippen LogP contribution in [0.2, 0.25) is 5.02 Å². The summed E-state index contributed by atoms with van der Waals surface area (Å²) in [5, 5.41) is 4.32. The minimum absolute atomic E-state index is 0.0755. The average Bonchev–Trinajstić information content (AvgIpc) is 2.64. The largest absolute Gasteiger partial charge is 0.356 e. The van der Waals surface area contributed by atoms with Gasteiger partial charge < -0.3 is 10.2 Å². The monoisotopic (exact) mass is 376 g/mol. The molecule has 1 amide bonds. The average molecular weight is 377 g/mol. The quantitative estimate of drug-likeness (QED) is 0.627. The standard InChI is InChI=1S/C18H21ClN4OS/c1-13-5-6-14(19)9-15(13)22-17(24)11-25-18-10-16(20-12-21-18)23-7-3-2-4-8-23/h5-6,9-10,12H,2-4,7-8,11H2,1H3,(H,22,24). The molecular weight excluding hydrogens is 356 g/mol. The lowest BCUT2D eigenvalue weighted by molar-refractivity contribution is -0.113. The normalized spacial score (nSPS) is 14.4. The second kappa shape index (κ2) is 8.54. The van der Waals surface area contributed by atoms with E-state index in [2.05, 4.69) is 20.2 Å². The number of benzene rings is 1. The molecule has 0 atom stereocenters. The Hall–Kier alpha value is -1.79. The van der Waals surface area contributed by atoms with E-state index in [1.165, 1.54) is 31.0 Å². The summed E-state index contributed by atoms with van der Waals surface area (Å²) in [7, 11) is 0. The number of carbonyl (C=O) groups is 1. The van der Waals surface area contributed by atoms with Crippen LogP contribution in [0.4, 0.5) is 11.5 Å². The SMILES string of the molecule is Cc1ccc(Cl)cc1NC(=O)CSc1cc(N2CCCCC2)ncn1. The van der Waals surface area contributed by atoms with E-state index < -0.39 is 0 Å².